The number of benzene rings is 2. The molecule has 3 nitrogen and oxygen atoms in total. The van der Waals surface area contributed by atoms with Gasteiger partial charge in [0, 0.05) is 10.6 Å². The van der Waals surface area contributed by atoms with Crippen LogP contribution in [0.25, 0.3) is 0 Å². The maximum atomic E-state index is 12.6. The van der Waals surface area contributed by atoms with E-state index in [1.165, 1.54) is 0 Å². The van der Waals surface area contributed by atoms with Gasteiger partial charge in [-0.15, -0.1) is 0 Å². The van der Waals surface area contributed by atoms with Crippen molar-refractivity contribution in [1.82, 2.24) is 0 Å². The molecule has 1 atom stereocenters. The van der Waals surface area contributed by atoms with E-state index >= 15 is 0 Å². The molecule has 2 aromatic rings. The molecule has 106 valence electrons. The summed E-state index contributed by atoms with van der Waals surface area (Å²) in [7, 11) is 1.55. The van der Waals surface area contributed by atoms with Crippen LogP contribution >= 0.6 is 11.6 Å². The number of ether oxygens (including phenoxy) is 1. The molecule has 0 saturated heterocycles. The normalized spacial score (nSPS) is 11.5. The van der Waals surface area contributed by atoms with Crippen LogP contribution in [0.2, 0.25) is 5.02 Å². The molecule has 0 N–H and O–H groups in total. The number of hydrogen-bond acceptors (Lipinski definition) is 3. The predicted octanol–water partition coefficient (Wildman–Crippen LogP) is 4.15. The standard InChI is InChI=1S/C17H14ClNO2/c1-11-8-13(18)6-7-15(11)17(20)16(10-19)12-4-3-5-14(9-12)21-2/h3-9,16H,1-2H3. The van der Waals surface area contributed by atoms with Crippen molar-refractivity contribution in [2.45, 2.75) is 12.8 Å². The number of carbonyl (C=O) groups is 1. The molecule has 0 saturated carbocycles. The zero-order valence-electron chi connectivity index (χ0n) is 11.8. The van der Waals surface area contributed by atoms with E-state index < -0.39 is 5.92 Å². The van der Waals surface area contributed by atoms with Crippen molar-refractivity contribution in [2.24, 2.45) is 0 Å². The number of ketones is 1. The second-order valence-corrected chi connectivity index (χ2v) is 5.10. The zero-order chi connectivity index (χ0) is 15.4. The molecule has 0 spiro atoms. The Morgan fingerprint density at radius 2 is 2.05 bits per heavy atom. The fraction of sp³-hybridized carbons (Fsp3) is 0.176. The largest absolute Gasteiger partial charge is 0.497 e. The average molecular weight is 300 g/mol. The summed E-state index contributed by atoms with van der Waals surface area (Å²) in [6.07, 6.45) is 0. The van der Waals surface area contributed by atoms with E-state index in [1.54, 1.807) is 56.5 Å². The maximum Gasteiger partial charge on any atom is 0.184 e. The molecule has 21 heavy (non-hydrogen) atoms. The number of rotatable bonds is 4. The lowest BCUT2D eigenvalue weighted by molar-refractivity contribution is 0.0978. The van der Waals surface area contributed by atoms with Crippen molar-refractivity contribution in [1.29, 1.82) is 5.26 Å². The fourth-order valence-corrected chi connectivity index (χ4v) is 2.39. The van der Waals surface area contributed by atoms with E-state index in [-0.39, 0.29) is 5.78 Å². The topological polar surface area (TPSA) is 50.1 Å². The number of Topliss-reactive ketones (excluding diaryl/α,β-unsaturated/α-hetero) is 1. The van der Waals surface area contributed by atoms with Crippen LogP contribution in [0.5, 0.6) is 5.75 Å². The SMILES string of the molecule is COc1cccc(C(C#N)C(=O)c2ccc(Cl)cc2C)c1. The van der Waals surface area contributed by atoms with Gasteiger partial charge in [-0.1, -0.05) is 23.7 Å². The lowest BCUT2D eigenvalue weighted by Gasteiger charge is -2.12. The zero-order valence-corrected chi connectivity index (χ0v) is 12.5. The molecule has 0 aliphatic rings. The van der Waals surface area contributed by atoms with Gasteiger partial charge in [0.2, 0.25) is 0 Å². The number of methoxy groups -OCH3 is 1. The summed E-state index contributed by atoms with van der Waals surface area (Å²) < 4.78 is 5.14. The van der Waals surface area contributed by atoms with Gasteiger partial charge in [-0.2, -0.15) is 5.26 Å². The highest BCUT2D eigenvalue weighted by Gasteiger charge is 2.23. The van der Waals surface area contributed by atoms with Crippen LogP contribution in [0, 0.1) is 18.3 Å². The second-order valence-electron chi connectivity index (χ2n) is 4.66. The van der Waals surface area contributed by atoms with E-state index in [2.05, 4.69) is 6.07 Å². The number of carbonyl (C=O) groups excluding carboxylic acids is 1. The van der Waals surface area contributed by atoms with Crippen molar-refractivity contribution in [2.75, 3.05) is 7.11 Å². The van der Waals surface area contributed by atoms with E-state index in [9.17, 15) is 10.1 Å². The molecular weight excluding hydrogens is 286 g/mol. The Hall–Kier alpha value is -2.31. The summed E-state index contributed by atoms with van der Waals surface area (Å²) in [5.41, 5.74) is 1.89. The number of hydrogen-bond donors (Lipinski definition) is 0. The van der Waals surface area contributed by atoms with Gasteiger partial charge in [0.25, 0.3) is 0 Å². The summed E-state index contributed by atoms with van der Waals surface area (Å²) in [5, 5.41) is 9.95. The molecule has 0 heterocycles. The molecule has 0 bridgehead atoms. The van der Waals surface area contributed by atoms with Crippen LogP contribution in [0.15, 0.2) is 42.5 Å². The Morgan fingerprint density at radius 1 is 1.29 bits per heavy atom. The minimum absolute atomic E-state index is 0.236. The summed E-state index contributed by atoms with van der Waals surface area (Å²) in [5.74, 6) is -0.478. The average Bonchev–Trinajstić information content (AvgIpc) is 2.48. The number of nitriles is 1. The van der Waals surface area contributed by atoms with Crippen molar-refractivity contribution in [3.05, 3.63) is 64.2 Å². The van der Waals surface area contributed by atoms with Gasteiger partial charge in [0.05, 0.1) is 13.2 Å². The van der Waals surface area contributed by atoms with Crippen molar-refractivity contribution in [3.63, 3.8) is 0 Å². The predicted molar refractivity (Wildman–Crippen MR) is 81.9 cm³/mol. The maximum absolute atomic E-state index is 12.6. The minimum atomic E-state index is -0.861. The van der Waals surface area contributed by atoms with Crippen molar-refractivity contribution < 1.29 is 9.53 Å². The molecule has 2 rings (SSSR count). The first-order chi connectivity index (χ1) is 10.1. The van der Waals surface area contributed by atoms with Gasteiger partial charge >= 0.3 is 0 Å². The highest BCUT2D eigenvalue weighted by Crippen LogP contribution is 2.26. The van der Waals surface area contributed by atoms with Crippen molar-refractivity contribution >= 4 is 17.4 Å². The Kier molecular flexibility index (Phi) is 4.62. The Morgan fingerprint density at radius 3 is 2.67 bits per heavy atom. The molecule has 2 aromatic carbocycles. The summed E-state index contributed by atoms with van der Waals surface area (Å²) in [4.78, 5) is 12.6. The molecule has 0 aromatic heterocycles. The first-order valence-electron chi connectivity index (χ1n) is 6.40. The fourth-order valence-electron chi connectivity index (χ4n) is 2.16. The second kappa shape index (κ2) is 6.43. The molecule has 1 unspecified atom stereocenters. The van der Waals surface area contributed by atoms with Crippen molar-refractivity contribution in [3.8, 4) is 11.8 Å². The third-order valence-electron chi connectivity index (χ3n) is 3.27. The lowest BCUT2D eigenvalue weighted by atomic mass is 9.90. The lowest BCUT2D eigenvalue weighted by Crippen LogP contribution is -2.12. The van der Waals surface area contributed by atoms with Gasteiger partial charge < -0.3 is 4.74 Å². The monoisotopic (exact) mass is 299 g/mol. The first-order valence-corrected chi connectivity index (χ1v) is 6.78. The van der Waals surface area contributed by atoms with E-state index in [0.717, 1.165) is 5.56 Å². The molecule has 4 heteroatoms. The van der Waals surface area contributed by atoms with Gasteiger partial charge in [-0.3, -0.25) is 4.79 Å². The Labute approximate surface area is 128 Å². The summed E-state index contributed by atoms with van der Waals surface area (Å²) >= 11 is 5.90. The highest BCUT2D eigenvalue weighted by molar-refractivity contribution is 6.30. The van der Waals surface area contributed by atoms with Crippen LogP contribution in [-0.2, 0) is 0 Å². The smallest absolute Gasteiger partial charge is 0.184 e. The molecule has 0 aliphatic heterocycles. The third-order valence-corrected chi connectivity index (χ3v) is 3.51. The van der Waals surface area contributed by atoms with Crippen LogP contribution in [0.3, 0.4) is 0 Å². The van der Waals surface area contributed by atoms with Crippen LogP contribution in [-0.4, -0.2) is 12.9 Å². The van der Waals surface area contributed by atoms with Gasteiger partial charge in [-0.25, -0.2) is 0 Å². The highest BCUT2D eigenvalue weighted by atomic mass is 35.5. The van der Waals surface area contributed by atoms with Crippen LogP contribution in [0.1, 0.15) is 27.4 Å². The minimum Gasteiger partial charge on any atom is -0.497 e. The molecular formula is C17H14ClNO2. The Balaban J connectivity index is 2.41. The number of aryl methyl sites for hydroxylation is 1. The van der Waals surface area contributed by atoms with Gasteiger partial charge in [0.1, 0.15) is 11.7 Å². The van der Waals surface area contributed by atoms with Gasteiger partial charge in [0.15, 0.2) is 5.78 Å². The molecule has 0 amide bonds. The van der Waals surface area contributed by atoms with E-state index in [1.807, 2.05) is 0 Å². The molecule has 0 radical (unpaired) electrons. The quantitative estimate of drug-likeness (QED) is 0.797. The molecule has 0 aliphatic carbocycles. The summed E-state index contributed by atoms with van der Waals surface area (Å²) in [6.45, 7) is 1.80. The molecule has 0 fully saturated rings. The first kappa shape index (κ1) is 15.1. The van der Waals surface area contributed by atoms with Crippen LogP contribution < -0.4 is 4.74 Å². The summed E-state index contributed by atoms with van der Waals surface area (Å²) in [6, 6.07) is 14.1. The third kappa shape index (κ3) is 3.24. The Bertz CT molecular complexity index is 719. The van der Waals surface area contributed by atoms with E-state index in [4.69, 9.17) is 16.3 Å². The van der Waals surface area contributed by atoms with Crippen LogP contribution in [0.4, 0.5) is 0 Å². The van der Waals surface area contributed by atoms with Gasteiger partial charge in [-0.05, 0) is 48.4 Å². The number of halogens is 1. The van der Waals surface area contributed by atoms with E-state index in [0.29, 0.717) is 21.9 Å². The number of nitrogens with zero attached hydrogens (tertiary/aromatic N) is 1.